The molecule has 19 heavy (non-hydrogen) atoms. The number of aromatic nitrogens is 2. The highest BCUT2D eigenvalue weighted by Crippen LogP contribution is 2.25. The second-order valence-electron chi connectivity index (χ2n) is 4.56. The molecular formula is C14H19N3OS. The van der Waals surface area contributed by atoms with E-state index in [1.807, 2.05) is 31.4 Å². The van der Waals surface area contributed by atoms with Gasteiger partial charge >= 0.3 is 0 Å². The van der Waals surface area contributed by atoms with Gasteiger partial charge in [-0.25, -0.2) is 0 Å². The Morgan fingerprint density at radius 3 is 2.84 bits per heavy atom. The predicted octanol–water partition coefficient (Wildman–Crippen LogP) is 3.02. The first-order chi connectivity index (χ1) is 9.20. The molecule has 102 valence electrons. The van der Waals surface area contributed by atoms with E-state index in [0.717, 1.165) is 23.6 Å². The van der Waals surface area contributed by atoms with Gasteiger partial charge in [0.05, 0.1) is 17.8 Å². The van der Waals surface area contributed by atoms with E-state index in [1.165, 1.54) is 11.5 Å². The Hall–Kier alpha value is -1.46. The predicted molar refractivity (Wildman–Crippen MR) is 77.6 cm³/mol. The van der Waals surface area contributed by atoms with Crippen LogP contribution >= 0.6 is 11.5 Å². The Kier molecular flexibility index (Phi) is 4.87. The first-order valence-electron chi connectivity index (χ1n) is 6.47. The van der Waals surface area contributed by atoms with Crippen LogP contribution in [0.25, 0.3) is 0 Å². The van der Waals surface area contributed by atoms with Crippen molar-refractivity contribution in [3.63, 3.8) is 0 Å². The third-order valence-electron chi connectivity index (χ3n) is 2.64. The Balaban J connectivity index is 2.26. The van der Waals surface area contributed by atoms with Crippen molar-refractivity contribution in [2.75, 3.05) is 6.54 Å². The van der Waals surface area contributed by atoms with Gasteiger partial charge in [-0.2, -0.15) is 0 Å². The maximum absolute atomic E-state index is 5.74. The zero-order valence-electron chi connectivity index (χ0n) is 11.5. The minimum atomic E-state index is 0.0689. The van der Waals surface area contributed by atoms with E-state index in [1.54, 1.807) is 0 Å². The van der Waals surface area contributed by atoms with Gasteiger partial charge in [-0.15, -0.1) is 5.10 Å². The summed E-state index contributed by atoms with van der Waals surface area (Å²) in [5.74, 6) is 0.888. The van der Waals surface area contributed by atoms with Gasteiger partial charge in [-0.3, -0.25) is 0 Å². The molecule has 0 amide bonds. The van der Waals surface area contributed by atoms with Gasteiger partial charge in [0.1, 0.15) is 5.75 Å². The standard InChI is InChI=1S/C14H19N3OS/c1-4-15-14(13-9-19-17-16-13)11-6-5-7-12(8-11)18-10(2)3/h5-10,14-15H,4H2,1-3H3. The van der Waals surface area contributed by atoms with Crippen LogP contribution in [0.5, 0.6) is 5.75 Å². The normalized spacial score (nSPS) is 12.6. The molecule has 1 N–H and O–H groups in total. The summed E-state index contributed by atoms with van der Waals surface area (Å²) in [7, 11) is 0. The summed E-state index contributed by atoms with van der Waals surface area (Å²) >= 11 is 1.37. The van der Waals surface area contributed by atoms with E-state index in [0.29, 0.717) is 0 Å². The van der Waals surface area contributed by atoms with Crippen molar-refractivity contribution in [3.05, 3.63) is 40.9 Å². The van der Waals surface area contributed by atoms with Crippen LogP contribution < -0.4 is 10.1 Å². The zero-order chi connectivity index (χ0) is 13.7. The van der Waals surface area contributed by atoms with Crippen molar-refractivity contribution < 1.29 is 4.74 Å². The third-order valence-corrected chi connectivity index (χ3v) is 3.17. The largest absolute Gasteiger partial charge is 0.491 e. The summed E-state index contributed by atoms with van der Waals surface area (Å²) in [6, 6.07) is 8.20. The SMILES string of the molecule is CCNC(c1cccc(OC(C)C)c1)c1csnn1. The lowest BCUT2D eigenvalue weighted by Crippen LogP contribution is -2.22. The smallest absolute Gasteiger partial charge is 0.120 e. The van der Waals surface area contributed by atoms with Gasteiger partial charge < -0.3 is 10.1 Å². The molecule has 1 unspecified atom stereocenters. The summed E-state index contributed by atoms with van der Waals surface area (Å²) in [6.07, 6.45) is 0.175. The molecule has 0 aliphatic heterocycles. The lowest BCUT2D eigenvalue weighted by atomic mass is 10.0. The van der Waals surface area contributed by atoms with Gasteiger partial charge in [0.15, 0.2) is 0 Å². The molecule has 2 aromatic rings. The maximum Gasteiger partial charge on any atom is 0.120 e. The summed E-state index contributed by atoms with van der Waals surface area (Å²) < 4.78 is 9.68. The highest BCUT2D eigenvalue weighted by Gasteiger charge is 2.16. The molecule has 0 radical (unpaired) electrons. The van der Waals surface area contributed by atoms with E-state index in [9.17, 15) is 0 Å². The minimum absolute atomic E-state index is 0.0689. The number of nitrogens with zero attached hydrogens (tertiary/aromatic N) is 2. The Morgan fingerprint density at radius 2 is 2.21 bits per heavy atom. The molecule has 0 aliphatic rings. The maximum atomic E-state index is 5.74. The van der Waals surface area contributed by atoms with Crippen LogP contribution in [0.3, 0.4) is 0 Å². The third kappa shape index (κ3) is 3.75. The van der Waals surface area contributed by atoms with Gasteiger partial charge in [-0.05, 0) is 49.6 Å². The van der Waals surface area contributed by atoms with E-state index >= 15 is 0 Å². The van der Waals surface area contributed by atoms with Gasteiger partial charge in [-0.1, -0.05) is 23.5 Å². The van der Waals surface area contributed by atoms with Gasteiger partial charge in [0, 0.05) is 5.38 Å². The number of ether oxygens (including phenoxy) is 1. The number of hydrogen-bond donors (Lipinski definition) is 1. The second kappa shape index (κ2) is 6.63. The number of hydrogen-bond acceptors (Lipinski definition) is 5. The second-order valence-corrected chi connectivity index (χ2v) is 5.17. The van der Waals surface area contributed by atoms with E-state index in [2.05, 4.69) is 34.0 Å². The van der Waals surface area contributed by atoms with Crippen molar-refractivity contribution >= 4 is 11.5 Å². The average molecular weight is 277 g/mol. The fourth-order valence-corrected chi connectivity index (χ4v) is 2.41. The van der Waals surface area contributed by atoms with Crippen LogP contribution in [-0.2, 0) is 0 Å². The Morgan fingerprint density at radius 1 is 1.37 bits per heavy atom. The monoisotopic (exact) mass is 277 g/mol. The zero-order valence-corrected chi connectivity index (χ0v) is 12.3. The molecule has 5 heteroatoms. The molecule has 0 spiro atoms. The van der Waals surface area contributed by atoms with E-state index in [-0.39, 0.29) is 12.1 Å². The number of benzene rings is 1. The molecule has 0 saturated carbocycles. The first-order valence-corrected chi connectivity index (χ1v) is 7.31. The quantitative estimate of drug-likeness (QED) is 0.881. The van der Waals surface area contributed by atoms with Crippen LogP contribution in [0.15, 0.2) is 29.6 Å². The molecule has 1 heterocycles. The van der Waals surface area contributed by atoms with Gasteiger partial charge in [0.25, 0.3) is 0 Å². The molecule has 2 rings (SSSR count). The van der Waals surface area contributed by atoms with E-state index < -0.39 is 0 Å². The molecule has 1 aromatic carbocycles. The van der Waals surface area contributed by atoms with Crippen molar-refractivity contribution in [2.45, 2.75) is 32.9 Å². The molecule has 4 nitrogen and oxygen atoms in total. The van der Waals surface area contributed by atoms with Crippen LogP contribution in [0.4, 0.5) is 0 Å². The summed E-state index contributed by atoms with van der Waals surface area (Å²) in [6.45, 7) is 7.01. The lowest BCUT2D eigenvalue weighted by Gasteiger charge is -2.17. The van der Waals surface area contributed by atoms with Crippen LogP contribution in [0, 0.1) is 0 Å². The highest BCUT2D eigenvalue weighted by atomic mass is 32.1. The summed E-state index contributed by atoms with van der Waals surface area (Å²) in [5, 5.41) is 9.57. The fourth-order valence-electron chi connectivity index (χ4n) is 1.93. The van der Waals surface area contributed by atoms with Crippen LogP contribution in [0.2, 0.25) is 0 Å². The average Bonchev–Trinajstić information content (AvgIpc) is 2.89. The first kappa shape index (κ1) is 14.0. The van der Waals surface area contributed by atoms with Gasteiger partial charge in [0.2, 0.25) is 0 Å². The Bertz CT molecular complexity index is 499. The molecule has 0 aliphatic carbocycles. The van der Waals surface area contributed by atoms with Crippen molar-refractivity contribution in [1.29, 1.82) is 0 Å². The number of nitrogens with one attached hydrogen (secondary N) is 1. The van der Waals surface area contributed by atoms with E-state index in [4.69, 9.17) is 4.74 Å². The van der Waals surface area contributed by atoms with Crippen molar-refractivity contribution in [1.82, 2.24) is 14.9 Å². The molecule has 1 atom stereocenters. The minimum Gasteiger partial charge on any atom is -0.491 e. The lowest BCUT2D eigenvalue weighted by molar-refractivity contribution is 0.242. The molecule has 0 saturated heterocycles. The van der Waals surface area contributed by atoms with Crippen molar-refractivity contribution in [3.8, 4) is 5.75 Å². The van der Waals surface area contributed by atoms with Crippen LogP contribution in [-0.4, -0.2) is 22.2 Å². The summed E-state index contributed by atoms with van der Waals surface area (Å²) in [4.78, 5) is 0. The molecule has 1 aromatic heterocycles. The fraction of sp³-hybridized carbons (Fsp3) is 0.429. The number of rotatable bonds is 6. The molecule has 0 bridgehead atoms. The molecule has 0 fully saturated rings. The van der Waals surface area contributed by atoms with Crippen LogP contribution in [0.1, 0.15) is 38.1 Å². The summed E-state index contributed by atoms with van der Waals surface area (Å²) in [5.41, 5.74) is 2.10. The highest BCUT2D eigenvalue weighted by molar-refractivity contribution is 7.03. The molecular weight excluding hydrogens is 258 g/mol. The Labute approximate surface area is 118 Å². The van der Waals surface area contributed by atoms with Crippen molar-refractivity contribution in [2.24, 2.45) is 0 Å². The topological polar surface area (TPSA) is 47.0 Å².